The molecule has 0 aromatic carbocycles. The molecule has 5 heteroatoms. The summed E-state index contributed by atoms with van der Waals surface area (Å²) in [6.07, 6.45) is 5.79. The van der Waals surface area contributed by atoms with Crippen molar-refractivity contribution in [3.05, 3.63) is 0 Å². The first-order valence-corrected chi connectivity index (χ1v) is 7.19. The zero-order valence-electron chi connectivity index (χ0n) is 12.0. The van der Waals surface area contributed by atoms with E-state index in [0.717, 1.165) is 6.54 Å². The van der Waals surface area contributed by atoms with Crippen molar-refractivity contribution in [1.29, 1.82) is 0 Å². The van der Waals surface area contributed by atoms with Gasteiger partial charge in [0, 0.05) is 26.6 Å². The zero-order chi connectivity index (χ0) is 14.3. The van der Waals surface area contributed by atoms with Crippen LogP contribution < -0.4 is 5.32 Å². The van der Waals surface area contributed by atoms with Crippen LogP contribution in [0.25, 0.3) is 0 Å². The van der Waals surface area contributed by atoms with Gasteiger partial charge in [0.2, 0.25) is 0 Å². The maximum absolute atomic E-state index is 11.9. The van der Waals surface area contributed by atoms with Crippen molar-refractivity contribution in [3.8, 4) is 0 Å². The minimum Gasteiger partial charge on any atom is -0.481 e. The van der Waals surface area contributed by atoms with Crippen LogP contribution in [0.3, 0.4) is 0 Å². The molecule has 19 heavy (non-hydrogen) atoms. The second-order valence-electron chi connectivity index (χ2n) is 5.75. The van der Waals surface area contributed by atoms with Gasteiger partial charge in [-0.3, -0.25) is 4.79 Å². The van der Waals surface area contributed by atoms with Crippen LogP contribution in [0.15, 0.2) is 0 Å². The molecule has 0 spiro atoms. The highest BCUT2D eigenvalue weighted by molar-refractivity contribution is 5.73. The first kappa shape index (κ1) is 15.8. The number of nitrogens with zero attached hydrogens (tertiary/aromatic N) is 1. The largest absolute Gasteiger partial charge is 0.481 e. The molecule has 1 unspecified atom stereocenters. The average molecular weight is 270 g/mol. The monoisotopic (exact) mass is 270 g/mol. The molecule has 1 aliphatic rings. The summed E-state index contributed by atoms with van der Waals surface area (Å²) >= 11 is 0. The molecule has 5 nitrogen and oxygen atoms in total. The van der Waals surface area contributed by atoms with Gasteiger partial charge in [-0.25, -0.2) is 4.79 Å². The minimum atomic E-state index is -0.781. The third kappa shape index (κ3) is 6.45. The van der Waals surface area contributed by atoms with Gasteiger partial charge in [0.05, 0.1) is 0 Å². The van der Waals surface area contributed by atoms with Crippen LogP contribution in [-0.4, -0.2) is 42.1 Å². The number of carboxylic acid groups (broad SMARTS) is 1. The predicted molar refractivity (Wildman–Crippen MR) is 74.0 cm³/mol. The zero-order valence-corrected chi connectivity index (χ0v) is 12.0. The summed E-state index contributed by atoms with van der Waals surface area (Å²) in [6.45, 7) is 3.33. The minimum absolute atomic E-state index is 0.0472. The Kier molecular flexibility index (Phi) is 6.67. The highest BCUT2D eigenvalue weighted by atomic mass is 16.4. The second kappa shape index (κ2) is 8.02. The lowest BCUT2D eigenvalue weighted by molar-refractivity contribution is -0.137. The normalized spacial score (nSPS) is 17.2. The lowest BCUT2D eigenvalue weighted by Gasteiger charge is -2.22. The van der Waals surface area contributed by atoms with Crippen molar-refractivity contribution in [2.75, 3.05) is 20.1 Å². The fourth-order valence-corrected chi connectivity index (χ4v) is 2.53. The molecule has 0 bridgehead atoms. The Morgan fingerprint density at radius 1 is 1.37 bits per heavy atom. The van der Waals surface area contributed by atoms with Gasteiger partial charge >= 0.3 is 12.0 Å². The van der Waals surface area contributed by atoms with E-state index in [1.54, 1.807) is 4.90 Å². The number of rotatable bonds is 7. The maximum Gasteiger partial charge on any atom is 0.317 e. The quantitative estimate of drug-likeness (QED) is 0.746. The van der Waals surface area contributed by atoms with Gasteiger partial charge < -0.3 is 15.3 Å². The Hall–Kier alpha value is -1.26. The van der Waals surface area contributed by atoms with E-state index in [9.17, 15) is 9.59 Å². The molecule has 2 amide bonds. The van der Waals surface area contributed by atoms with E-state index < -0.39 is 5.97 Å². The summed E-state index contributed by atoms with van der Waals surface area (Å²) in [5, 5.41) is 11.5. The molecule has 2 N–H and O–H groups in total. The second-order valence-corrected chi connectivity index (χ2v) is 5.75. The Morgan fingerprint density at radius 2 is 2.00 bits per heavy atom. The number of aliphatic carboxylic acids is 1. The number of carbonyl (C=O) groups is 2. The Labute approximate surface area is 115 Å². The lowest BCUT2D eigenvalue weighted by Crippen LogP contribution is -2.41. The SMILES string of the molecule is CC(CCC(=O)O)CNC(=O)N(C)CC1CCCC1. The van der Waals surface area contributed by atoms with Crippen molar-refractivity contribution < 1.29 is 14.7 Å². The smallest absolute Gasteiger partial charge is 0.317 e. The molecule has 1 rings (SSSR count). The fraction of sp³-hybridized carbons (Fsp3) is 0.857. The molecule has 0 aromatic rings. The summed E-state index contributed by atoms with van der Waals surface area (Å²) in [5.41, 5.74) is 0. The van der Waals surface area contributed by atoms with Crippen molar-refractivity contribution in [2.45, 2.75) is 45.4 Å². The lowest BCUT2D eigenvalue weighted by atomic mass is 10.1. The van der Waals surface area contributed by atoms with E-state index >= 15 is 0 Å². The molecule has 1 aliphatic carbocycles. The number of nitrogens with one attached hydrogen (secondary N) is 1. The van der Waals surface area contributed by atoms with Gasteiger partial charge in [0.1, 0.15) is 0 Å². The van der Waals surface area contributed by atoms with Gasteiger partial charge in [0.15, 0.2) is 0 Å². The molecule has 0 saturated heterocycles. The number of hydrogen-bond acceptors (Lipinski definition) is 2. The van der Waals surface area contributed by atoms with E-state index in [4.69, 9.17) is 5.11 Å². The van der Waals surface area contributed by atoms with Gasteiger partial charge in [-0.1, -0.05) is 19.8 Å². The molecule has 1 fully saturated rings. The predicted octanol–water partition coefficient (Wildman–Crippen LogP) is 2.32. The number of hydrogen-bond donors (Lipinski definition) is 2. The van der Waals surface area contributed by atoms with Gasteiger partial charge in [-0.15, -0.1) is 0 Å². The molecule has 1 saturated carbocycles. The Morgan fingerprint density at radius 3 is 2.58 bits per heavy atom. The average Bonchev–Trinajstić information content (AvgIpc) is 2.86. The number of urea groups is 1. The molecule has 110 valence electrons. The maximum atomic E-state index is 11.9. The van der Waals surface area contributed by atoms with Crippen LogP contribution in [0, 0.1) is 11.8 Å². The molecular formula is C14H26N2O3. The number of carbonyl (C=O) groups excluding carboxylic acids is 1. The molecular weight excluding hydrogens is 244 g/mol. The summed E-state index contributed by atoms with van der Waals surface area (Å²) in [5.74, 6) is 0.0663. The summed E-state index contributed by atoms with van der Waals surface area (Å²) < 4.78 is 0. The first-order chi connectivity index (χ1) is 8.99. The third-order valence-corrected chi connectivity index (χ3v) is 3.81. The standard InChI is InChI=1S/C14H26N2O3/c1-11(7-8-13(17)18)9-15-14(19)16(2)10-12-5-3-4-6-12/h11-12H,3-10H2,1-2H3,(H,15,19)(H,17,18). The van der Waals surface area contributed by atoms with Gasteiger partial charge in [0.25, 0.3) is 0 Å². The van der Waals surface area contributed by atoms with Crippen LogP contribution in [-0.2, 0) is 4.79 Å². The molecule has 0 aliphatic heterocycles. The first-order valence-electron chi connectivity index (χ1n) is 7.19. The van der Waals surface area contributed by atoms with Crippen LogP contribution in [0.4, 0.5) is 4.79 Å². The number of carboxylic acids is 1. The van der Waals surface area contributed by atoms with E-state index in [2.05, 4.69) is 5.32 Å². The number of amides is 2. The van der Waals surface area contributed by atoms with E-state index in [0.29, 0.717) is 18.9 Å². The van der Waals surface area contributed by atoms with Crippen LogP contribution in [0.1, 0.15) is 45.4 Å². The van der Waals surface area contributed by atoms with Crippen molar-refractivity contribution in [2.24, 2.45) is 11.8 Å². The molecule has 1 atom stereocenters. The van der Waals surface area contributed by atoms with Gasteiger partial charge in [-0.05, 0) is 31.1 Å². The van der Waals surface area contributed by atoms with E-state index in [1.807, 2.05) is 14.0 Å². The summed E-state index contributed by atoms with van der Waals surface area (Å²) in [7, 11) is 1.83. The van der Waals surface area contributed by atoms with Gasteiger partial charge in [-0.2, -0.15) is 0 Å². The topological polar surface area (TPSA) is 69.6 Å². The summed E-state index contributed by atoms with van der Waals surface area (Å²) in [4.78, 5) is 24.1. The van der Waals surface area contributed by atoms with Crippen LogP contribution >= 0.6 is 0 Å². The van der Waals surface area contributed by atoms with E-state index in [1.165, 1.54) is 25.7 Å². The summed E-state index contributed by atoms with van der Waals surface area (Å²) in [6, 6.07) is -0.0472. The highest BCUT2D eigenvalue weighted by Gasteiger charge is 2.19. The fourth-order valence-electron chi connectivity index (χ4n) is 2.53. The third-order valence-electron chi connectivity index (χ3n) is 3.81. The molecule has 0 heterocycles. The van der Waals surface area contributed by atoms with E-state index in [-0.39, 0.29) is 18.4 Å². The Balaban J connectivity index is 2.16. The van der Waals surface area contributed by atoms with Crippen LogP contribution in [0.5, 0.6) is 0 Å². The van der Waals surface area contributed by atoms with Crippen molar-refractivity contribution in [3.63, 3.8) is 0 Å². The van der Waals surface area contributed by atoms with Crippen molar-refractivity contribution >= 4 is 12.0 Å². The highest BCUT2D eigenvalue weighted by Crippen LogP contribution is 2.25. The van der Waals surface area contributed by atoms with Crippen LogP contribution in [0.2, 0.25) is 0 Å². The Bertz CT molecular complexity index is 301. The molecule has 0 aromatic heterocycles. The molecule has 0 radical (unpaired) electrons. The van der Waals surface area contributed by atoms with Crippen molar-refractivity contribution in [1.82, 2.24) is 10.2 Å².